The van der Waals surface area contributed by atoms with E-state index in [0.717, 1.165) is 5.56 Å². The molecular formula is C36H32O10. The van der Waals surface area contributed by atoms with Gasteiger partial charge in [-0.3, -0.25) is 4.79 Å². The Labute approximate surface area is 265 Å². The molecule has 0 radical (unpaired) electrons. The molecule has 1 heterocycles. The number of hydrogen-bond acceptors (Lipinski definition) is 10. The van der Waals surface area contributed by atoms with Gasteiger partial charge in [-0.15, -0.1) is 0 Å². The van der Waals surface area contributed by atoms with Crippen LogP contribution in [0.3, 0.4) is 0 Å². The zero-order valence-electron chi connectivity index (χ0n) is 24.9. The molecule has 0 N–H and O–H groups in total. The Morgan fingerprint density at radius 3 is 1.52 bits per heavy atom. The minimum Gasteiger partial charge on any atom is -0.459 e. The molecule has 0 spiro atoms. The van der Waals surface area contributed by atoms with Gasteiger partial charge in [0.25, 0.3) is 0 Å². The quantitative estimate of drug-likeness (QED) is 0.163. The highest BCUT2D eigenvalue weighted by atomic mass is 16.7. The van der Waals surface area contributed by atoms with Crippen molar-refractivity contribution in [3.8, 4) is 0 Å². The van der Waals surface area contributed by atoms with Crippen molar-refractivity contribution in [2.24, 2.45) is 0 Å². The minimum atomic E-state index is -1.50. The van der Waals surface area contributed by atoms with Crippen molar-refractivity contribution in [2.75, 3.05) is 6.61 Å². The Balaban J connectivity index is 1.51. The van der Waals surface area contributed by atoms with E-state index in [2.05, 4.69) is 0 Å². The summed E-state index contributed by atoms with van der Waals surface area (Å²) >= 11 is 0. The van der Waals surface area contributed by atoms with Crippen LogP contribution < -0.4 is 0 Å². The highest BCUT2D eigenvalue weighted by Gasteiger charge is 2.53. The summed E-state index contributed by atoms with van der Waals surface area (Å²) in [6.45, 7) is 0.765. The first-order valence-electron chi connectivity index (χ1n) is 14.6. The standard InChI is InChI=1S/C36H32O10/c1-24(37)43-36-32(46-35(40)28-20-12-5-13-21-28)31(41-22-25-14-6-2-7-15-25)30(45-34(39)27-18-10-4-11-19-27)29(44-36)23-42-33(38)26-16-8-3-9-17-26/h2-21,29-32,36H,22-23H2,1H3/t29-,30+,31+,32-,36-/m1/s1. The number of benzene rings is 4. The molecule has 46 heavy (non-hydrogen) atoms. The number of hydrogen-bond donors (Lipinski definition) is 0. The third-order valence-corrected chi connectivity index (χ3v) is 7.05. The maximum absolute atomic E-state index is 13.4. The van der Waals surface area contributed by atoms with E-state index in [-0.39, 0.29) is 17.7 Å². The first-order chi connectivity index (χ1) is 22.4. The average Bonchev–Trinajstić information content (AvgIpc) is 3.09. The fourth-order valence-electron chi connectivity index (χ4n) is 4.84. The minimum absolute atomic E-state index is 0.00754. The van der Waals surface area contributed by atoms with E-state index in [9.17, 15) is 19.2 Å². The second-order valence-electron chi connectivity index (χ2n) is 10.3. The van der Waals surface area contributed by atoms with Gasteiger partial charge in [-0.2, -0.15) is 0 Å². The van der Waals surface area contributed by atoms with E-state index >= 15 is 0 Å². The number of carbonyl (C=O) groups excluding carboxylic acids is 4. The van der Waals surface area contributed by atoms with Gasteiger partial charge in [0.1, 0.15) is 18.8 Å². The Morgan fingerprint density at radius 2 is 1.02 bits per heavy atom. The summed E-state index contributed by atoms with van der Waals surface area (Å²) < 4.78 is 35.4. The summed E-state index contributed by atoms with van der Waals surface area (Å²) in [6.07, 6.45) is -6.62. The van der Waals surface area contributed by atoms with Crippen molar-refractivity contribution >= 4 is 23.9 Å². The lowest BCUT2D eigenvalue weighted by atomic mass is 9.97. The third kappa shape index (κ3) is 8.44. The lowest BCUT2D eigenvalue weighted by molar-refractivity contribution is -0.298. The Hall–Kier alpha value is -5.32. The molecule has 10 heteroatoms. The highest BCUT2D eigenvalue weighted by Crippen LogP contribution is 2.32. The first kappa shape index (κ1) is 32.1. The third-order valence-electron chi connectivity index (χ3n) is 7.05. The van der Waals surface area contributed by atoms with E-state index < -0.39 is 61.2 Å². The van der Waals surface area contributed by atoms with Gasteiger partial charge < -0.3 is 28.4 Å². The molecule has 1 fully saturated rings. The molecule has 0 unspecified atom stereocenters. The second kappa shape index (κ2) is 15.6. The van der Waals surface area contributed by atoms with Crippen LogP contribution in [0.5, 0.6) is 0 Å². The smallest absolute Gasteiger partial charge is 0.338 e. The van der Waals surface area contributed by atoms with Crippen molar-refractivity contribution in [3.05, 3.63) is 144 Å². The van der Waals surface area contributed by atoms with E-state index in [0.29, 0.717) is 5.56 Å². The fraction of sp³-hybridized carbons (Fsp3) is 0.222. The molecule has 0 saturated carbocycles. The summed E-state index contributed by atoms with van der Waals surface area (Å²) in [5.41, 5.74) is 1.53. The largest absolute Gasteiger partial charge is 0.459 e. The molecule has 4 aromatic rings. The summed E-state index contributed by atoms with van der Waals surface area (Å²) in [6, 6.07) is 33.9. The predicted molar refractivity (Wildman–Crippen MR) is 163 cm³/mol. The fourth-order valence-corrected chi connectivity index (χ4v) is 4.84. The van der Waals surface area contributed by atoms with Crippen LogP contribution in [0.25, 0.3) is 0 Å². The normalized spacial score (nSPS) is 20.6. The molecule has 0 bridgehead atoms. The van der Waals surface area contributed by atoms with Crippen molar-refractivity contribution in [3.63, 3.8) is 0 Å². The van der Waals surface area contributed by atoms with Gasteiger partial charge in [-0.05, 0) is 42.0 Å². The number of rotatable bonds is 11. The van der Waals surface area contributed by atoms with Crippen molar-refractivity contribution in [1.29, 1.82) is 0 Å². The Bertz CT molecular complexity index is 1600. The van der Waals surface area contributed by atoms with E-state index in [1.807, 2.05) is 30.3 Å². The van der Waals surface area contributed by atoms with E-state index in [1.54, 1.807) is 91.0 Å². The summed E-state index contributed by atoms with van der Waals surface area (Å²) in [5, 5.41) is 0. The Kier molecular flexibility index (Phi) is 10.9. The van der Waals surface area contributed by atoms with E-state index in [1.165, 1.54) is 6.92 Å². The predicted octanol–water partition coefficient (Wildman–Crippen LogP) is 5.17. The van der Waals surface area contributed by atoms with Crippen LogP contribution in [-0.2, 0) is 39.8 Å². The molecular weight excluding hydrogens is 592 g/mol. The first-order valence-corrected chi connectivity index (χ1v) is 14.6. The van der Waals surface area contributed by atoms with Crippen LogP contribution >= 0.6 is 0 Å². The lowest BCUT2D eigenvalue weighted by Crippen LogP contribution is -2.63. The molecule has 1 saturated heterocycles. The maximum atomic E-state index is 13.4. The van der Waals surface area contributed by atoms with Crippen LogP contribution in [0, 0.1) is 0 Å². The van der Waals surface area contributed by atoms with Crippen LogP contribution in [0.15, 0.2) is 121 Å². The highest BCUT2D eigenvalue weighted by molar-refractivity contribution is 5.90. The van der Waals surface area contributed by atoms with Crippen LogP contribution in [0.2, 0.25) is 0 Å². The second-order valence-corrected chi connectivity index (χ2v) is 10.3. The molecule has 0 aromatic heterocycles. The van der Waals surface area contributed by atoms with Gasteiger partial charge in [0.2, 0.25) is 6.29 Å². The van der Waals surface area contributed by atoms with Crippen molar-refractivity contribution in [1.82, 2.24) is 0 Å². The van der Waals surface area contributed by atoms with Crippen molar-refractivity contribution < 1.29 is 47.6 Å². The topological polar surface area (TPSA) is 124 Å². The molecule has 10 nitrogen and oxygen atoms in total. The van der Waals surface area contributed by atoms with Crippen molar-refractivity contribution in [2.45, 2.75) is 44.2 Å². The summed E-state index contributed by atoms with van der Waals surface area (Å²) in [5.74, 6) is -2.85. The zero-order chi connectivity index (χ0) is 32.3. The van der Waals surface area contributed by atoms with Crippen LogP contribution in [-0.4, -0.2) is 61.2 Å². The number of ether oxygens (including phenoxy) is 6. The molecule has 0 amide bonds. The zero-order valence-corrected chi connectivity index (χ0v) is 24.9. The number of esters is 4. The average molecular weight is 625 g/mol. The van der Waals surface area contributed by atoms with Gasteiger partial charge in [0.15, 0.2) is 12.2 Å². The van der Waals surface area contributed by atoms with Gasteiger partial charge in [-0.1, -0.05) is 84.9 Å². The molecule has 236 valence electrons. The molecule has 1 aliphatic rings. The monoisotopic (exact) mass is 624 g/mol. The van der Waals surface area contributed by atoms with Gasteiger partial charge in [-0.25, -0.2) is 14.4 Å². The van der Waals surface area contributed by atoms with Gasteiger partial charge in [0, 0.05) is 6.92 Å². The van der Waals surface area contributed by atoms with Crippen LogP contribution in [0.4, 0.5) is 0 Å². The molecule has 4 aromatic carbocycles. The van der Waals surface area contributed by atoms with Gasteiger partial charge in [0.05, 0.1) is 23.3 Å². The van der Waals surface area contributed by atoms with Gasteiger partial charge >= 0.3 is 23.9 Å². The molecule has 0 aliphatic carbocycles. The SMILES string of the molecule is CC(=O)O[C@@H]1O[C@H](COC(=O)c2ccccc2)[C@H](OC(=O)c2ccccc2)[C@H](OCc2ccccc2)[C@H]1OC(=O)c1ccccc1. The lowest BCUT2D eigenvalue weighted by Gasteiger charge is -2.44. The van der Waals surface area contributed by atoms with E-state index in [4.69, 9.17) is 28.4 Å². The number of carbonyl (C=O) groups is 4. The molecule has 1 aliphatic heterocycles. The molecule has 5 atom stereocenters. The van der Waals surface area contributed by atoms with Crippen LogP contribution in [0.1, 0.15) is 43.6 Å². The maximum Gasteiger partial charge on any atom is 0.338 e. The summed E-state index contributed by atoms with van der Waals surface area (Å²) in [4.78, 5) is 51.9. The Morgan fingerprint density at radius 1 is 0.565 bits per heavy atom. The molecule has 5 rings (SSSR count). The summed E-state index contributed by atoms with van der Waals surface area (Å²) in [7, 11) is 0.